The molecular formula is C15H17NOS. The Morgan fingerprint density at radius 1 is 1.28 bits per heavy atom. The van der Waals surface area contributed by atoms with Crippen LogP contribution in [0.3, 0.4) is 0 Å². The zero-order valence-corrected chi connectivity index (χ0v) is 11.5. The van der Waals surface area contributed by atoms with Crippen LogP contribution in [0.25, 0.3) is 10.4 Å². The van der Waals surface area contributed by atoms with Crippen molar-refractivity contribution in [3.05, 3.63) is 53.7 Å². The van der Waals surface area contributed by atoms with Gasteiger partial charge in [-0.15, -0.1) is 0 Å². The first-order valence-electron chi connectivity index (χ1n) is 5.97. The van der Waals surface area contributed by atoms with Crippen LogP contribution in [0, 0.1) is 0 Å². The SMILES string of the molecule is CC(C)=CCOCc1cnsc1-c1ccccc1. The van der Waals surface area contributed by atoms with Gasteiger partial charge in [0, 0.05) is 11.8 Å². The van der Waals surface area contributed by atoms with E-state index in [1.807, 2.05) is 24.4 Å². The minimum Gasteiger partial charge on any atom is -0.373 e. The lowest BCUT2D eigenvalue weighted by molar-refractivity contribution is 0.149. The Bertz CT molecular complexity index is 512. The number of hydrogen-bond donors (Lipinski definition) is 0. The summed E-state index contributed by atoms with van der Waals surface area (Å²) in [4.78, 5) is 1.20. The number of allylic oxidation sites excluding steroid dienone is 1. The van der Waals surface area contributed by atoms with Crippen molar-refractivity contribution in [3.63, 3.8) is 0 Å². The first-order chi connectivity index (χ1) is 8.77. The number of benzene rings is 1. The van der Waals surface area contributed by atoms with Crippen LogP contribution in [0.15, 0.2) is 48.2 Å². The molecule has 0 aliphatic carbocycles. The van der Waals surface area contributed by atoms with Crippen molar-refractivity contribution in [1.82, 2.24) is 4.37 Å². The van der Waals surface area contributed by atoms with Gasteiger partial charge >= 0.3 is 0 Å². The molecule has 0 unspecified atom stereocenters. The van der Waals surface area contributed by atoms with Gasteiger partial charge in [-0.25, -0.2) is 4.37 Å². The highest BCUT2D eigenvalue weighted by Gasteiger charge is 2.07. The van der Waals surface area contributed by atoms with Gasteiger partial charge < -0.3 is 4.74 Å². The fraction of sp³-hybridized carbons (Fsp3) is 0.267. The molecule has 2 aromatic rings. The Hall–Kier alpha value is -1.45. The summed E-state index contributed by atoms with van der Waals surface area (Å²) >= 11 is 1.52. The van der Waals surface area contributed by atoms with Crippen molar-refractivity contribution < 1.29 is 4.74 Å². The highest BCUT2D eigenvalue weighted by molar-refractivity contribution is 7.09. The summed E-state index contributed by atoms with van der Waals surface area (Å²) in [5, 5.41) is 0. The fourth-order valence-electron chi connectivity index (χ4n) is 1.58. The smallest absolute Gasteiger partial charge is 0.0751 e. The second-order valence-electron chi connectivity index (χ2n) is 4.34. The van der Waals surface area contributed by atoms with E-state index >= 15 is 0 Å². The quantitative estimate of drug-likeness (QED) is 0.590. The average Bonchev–Trinajstić information content (AvgIpc) is 2.84. The Morgan fingerprint density at radius 2 is 2.06 bits per heavy atom. The molecule has 0 fully saturated rings. The minimum atomic E-state index is 0.616. The molecule has 0 aliphatic heterocycles. The molecule has 0 saturated carbocycles. The second kappa shape index (κ2) is 6.47. The molecule has 0 N–H and O–H groups in total. The van der Waals surface area contributed by atoms with Gasteiger partial charge in [-0.05, 0) is 30.9 Å². The minimum absolute atomic E-state index is 0.616. The van der Waals surface area contributed by atoms with Crippen LogP contribution in [0.5, 0.6) is 0 Å². The number of rotatable bonds is 5. The monoisotopic (exact) mass is 259 g/mol. The van der Waals surface area contributed by atoms with Crippen LogP contribution >= 0.6 is 11.5 Å². The molecule has 0 saturated heterocycles. The molecule has 0 radical (unpaired) electrons. The van der Waals surface area contributed by atoms with E-state index in [2.05, 4.69) is 36.4 Å². The van der Waals surface area contributed by atoms with E-state index in [4.69, 9.17) is 4.74 Å². The molecule has 1 aromatic heterocycles. The maximum Gasteiger partial charge on any atom is 0.0751 e. The van der Waals surface area contributed by atoms with E-state index in [0.717, 1.165) is 5.56 Å². The molecule has 94 valence electrons. The van der Waals surface area contributed by atoms with Gasteiger partial charge in [0.05, 0.1) is 18.1 Å². The molecular weight excluding hydrogens is 242 g/mol. The Kier molecular flexibility index (Phi) is 4.67. The van der Waals surface area contributed by atoms with Gasteiger partial charge in [0.25, 0.3) is 0 Å². The molecule has 1 heterocycles. The second-order valence-corrected chi connectivity index (χ2v) is 5.14. The third-order valence-corrected chi connectivity index (χ3v) is 3.44. The summed E-state index contributed by atoms with van der Waals surface area (Å²) in [6.07, 6.45) is 3.98. The standard InChI is InChI=1S/C15H17NOS/c1-12(2)8-9-17-11-14-10-16-18-15(14)13-6-4-3-5-7-13/h3-8,10H,9,11H2,1-2H3. The molecule has 18 heavy (non-hydrogen) atoms. The van der Waals surface area contributed by atoms with E-state index in [9.17, 15) is 0 Å². The molecule has 0 spiro atoms. The van der Waals surface area contributed by atoms with Crippen LogP contribution in [-0.2, 0) is 11.3 Å². The van der Waals surface area contributed by atoms with Crippen LogP contribution in [0.1, 0.15) is 19.4 Å². The van der Waals surface area contributed by atoms with E-state index in [1.54, 1.807) is 0 Å². The van der Waals surface area contributed by atoms with E-state index in [1.165, 1.54) is 27.5 Å². The van der Waals surface area contributed by atoms with Crippen LogP contribution in [0.4, 0.5) is 0 Å². The third kappa shape index (κ3) is 3.52. The lowest BCUT2D eigenvalue weighted by atomic mass is 10.1. The third-order valence-electron chi connectivity index (χ3n) is 2.55. The number of nitrogens with zero attached hydrogens (tertiary/aromatic N) is 1. The molecule has 0 amide bonds. The summed E-state index contributed by atoms with van der Waals surface area (Å²) < 4.78 is 9.90. The molecule has 2 rings (SSSR count). The van der Waals surface area contributed by atoms with Crippen LogP contribution in [0.2, 0.25) is 0 Å². The van der Waals surface area contributed by atoms with Crippen molar-refractivity contribution >= 4 is 11.5 Å². The van der Waals surface area contributed by atoms with Crippen molar-refractivity contribution in [3.8, 4) is 10.4 Å². The first-order valence-corrected chi connectivity index (χ1v) is 6.75. The largest absolute Gasteiger partial charge is 0.373 e. The van der Waals surface area contributed by atoms with E-state index in [-0.39, 0.29) is 0 Å². The van der Waals surface area contributed by atoms with Crippen molar-refractivity contribution in [2.75, 3.05) is 6.61 Å². The molecule has 1 aromatic carbocycles. The van der Waals surface area contributed by atoms with Crippen molar-refractivity contribution in [2.24, 2.45) is 0 Å². The summed E-state index contributed by atoms with van der Waals surface area (Å²) in [6.45, 7) is 5.42. The Labute approximate surface area is 112 Å². The summed E-state index contributed by atoms with van der Waals surface area (Å²) in [7, 11) is 0. The lowest BCUT2D eigenvalue weighted by Crippen LogP contribution is -1.93. The Morgan fingerprint density at radius 3 is 2.78 bits per heavy atom. The van der Waals surface area contributed by atoms with Gasteiger partial charge in [-0.1, -0.05) is 42.0 Å². The average molecular weight is 259 g/mol. The van der Waals surface area contributed by atoms with Gasteiger partial charge in [0.1, 0.15) is 0 Å². The zero-order valence-electron chi connectivity index (χ0n) is 10.7. The van der Waals surface area contributed by atoms with Gasteiger partial charge in [0.2, 0.25) is 0 Å². The maximum absolute atomic E-state index is 5.64. The highest BCUT2D eigenvalue weighted by Crippen LogP contribution is 2.27. The van der Waals surface area contributed by atoms with E-state index < -0.39 is 0 Å². The van der Waals surface area contributed by atoms with Gasteiger partial charge in [-0.3, -0.25) is 0 Å². The van der Waals surface area contributed by atoms with Crippen molar-refractivity contribution in [2.45, 2.75) is 20.5 Å². The number of aromatic nitrogens is 1. The Balaban J connectivity index is 2.03. The van der Waals surface area contributed by atoms with Crippen LogP contribution < -0.4 is 0 Å². The summed E-state index contributed by atoms with van der Waals surface area (Å²) in [5.74, 6) is 0. The molecule has 2 nitrogen and oxygen atoms in total. The topological polar surface area (TPSA) is 22.1 Å². The normalized spacial score (nSPS) is 10.3. The highest BCUT2D eigenvalue weighted by atomic mass is 32.1. The van der Waals surface area contributed by atoms with Gasteiger partial charge in [-0.2, -0.15) is 0 Å². The molecule has 0 atom stereocenters. The fourth-order valence-corrected chi connectivity index (χ4v) is 2.34. The molecule has 0 bridgehead atoms. The van der Waals surface area contributed by atoms with Crippen LogP contribution in [-0.4, -0.2) is 11.0 Å². The first kappa shape index (κ1) is 13.0. The predicted molar refractivity (Wildman–Crippen MR) is 76.6 cm³/mol. The lowest BCUT2D eigenvalue weighted by Gasteiger charge is -2.03. The zero-order chi connectivity index (χ0) is 12.8. The maximum atomic E-state index is 5.64. The van der Waals surface area contributed by atoms with Gasteiger partial charge in [0.15, 0.2) is 0 Å². The molecule has 0 aliphatic rings. The number of ether oxygens (including phenoxy) is 1. The van der Waals surface area contributed by atoms with E-state index in [0.29, 0.717) is 13.2 Å². The van der Waals surface area contributed by atoms with Crippen molar-refractivity contribution in [1.29, 1.82) is 0 Å². The summed E-state index contributed by atoms with van der Waals surface area (Å²) in [5.41, 5.74) is 3.65. The molecule has 3 heteroatoms. The summed E-state index contributed by atoms with van der Waals surface area (Å²) in [6, 6.07) is 10.3. The predicted octanol–water partition coefficient (Wildman–Crippen LogP) is 4.29. The number of hydrogen-bond acceptors (Lipinski definition) is 3.